The molecule has 0 aliphatic rings. The number of aromatic nitrogens is 3. The molecule has 0 bridgehead atoms. The highest BCUT2D eigenvalue weighted by molar-refractivity contribution is 7.14. The number of nitrogens with zero attached hydrogens (tertiary/aromatic N) is 3. The van der Waals surface area contributed by atoms with Gasteiger partial charge in [-0.15, -0.1) is 22.7 Å². The van der Waals surface area contributed by atoms with Gasteiger partial charge < -0.3 is 14.0 Å². The van der Waals surface area contributed by atoms with Crippen LogP contribution in [0.25, 0.3) is 0 Å². The lowest BCUT2D eigenvalue weighted by Gasteiger charge is -2.19. The van der Waals surface area contributed by atoms with Crippen molar-refractivity contribution in [1.29, 1.82) is 0 Å². The molecule has 35 heavy (non-hydrogen) atoms. The number of aryl methyl sites for hydroxylation is 1. The molecule has 3 aromatic heterocycles. The second kappa shape index (κ2) is 10.7. The topological polar surface area (TPSA) is 154 Å². The van der Waals surface area contributed by atoms with Crippen molar-refractivity contribution in [3.05, 3.63) is 40.1 Å². The summed E-state index contributed by atoms with van der Waals surface area (Å²) in [5, 5.41) is 11.1. The van der Waals surface area contributed by atoms with Crippen LogP contribution in [0, 0.1) is 0 Å². The first-order chi connectivity index (χ1) is 16.4. The third-order valence-electron chi connectivity index (χ3n) is 4.05. The first-order valence-electron chi connectivity index (χ1n) is 10.3. The fourth-order valence-electron chi connectivity index (χ4n) is 2.67. The first-order valence-corrected chi connectivity index (χ1v) is 12.1. The van der Waals surface area contributed by atoms with E-state index in [9.17, 15) is 19.2 Å². The number of rotatable bonds is 7. The first kappa shape index (κ1) is 25.8. The molecular formula is C21H24N6O6S2. The summed E-state index contributed by atoms with van der Waals surface area (Å²) in [5.41, 5.74) is 0.151. The summed E-state index contributed by atoms with van der Waals surface area (Å²) in [7, 11) is 1.65. The molecule has 3 amide bonds. The van der Waals surface area contributed by atoms with Crippen LogP contribution < -0.4 is 16.0 Å². The summed E-state index contributed by atoms with van der Waals surface area (Å²) < 4.78 is 11.6. The molecule has 0 fully saturated rings. The van der Waals surface area contributed by atoms with Crippen molar-refractivity contribution in [2.75, 3.05) is 22.6 Å². The Bertz CT molecular complexity index is 1260. The van der Waals surface area contributed by atoms with Gasteiger partial charge in [-0.1, -0.05) is 0 Å². The second-order valence-electron chi connectivity index (χ2n) is 8.06. The predicted molar refractivity (Wildman–Crippen MR) is 131 cm³/mol. The third-order valence-corrected chi connectivity index (χ3v) is 5.56. The van der Waals surface area contributed by atoms with Crippen LogP contribution in [0.4, 0.5) is 20.7 Å². The van der Waals surface area contributed by atoms with Crippen LogP contribution >= 0.6 is 22.7 Å². The standard InChI is InChI=1S/C21H24N6O6S2/c1-6-32-17(30)13-10-35-19(24-13)25-15(28)12-9-34-18(23-12)26-16(29)14-7-11(8-27(14)5)22-20(31)33-21(2,3)4/h7-10H,6H2,1-5H3,(H,22,31)(H,23,26,29)(H,24,25,28). The zero-order chi connectivity index (χ0) is 25.8. The van der Waals surface area contributed by atoms with Gasteiger partial charge in [0, 0.05) is 24.0 Å². The Balaban J connectivity index is 1.60. The number of hydrogen-bond donors (Lipinski definition) is 3. The molecule has 0 aromatic carbocycles. The van der Waals surface area contributed by atoms with Crippen molar-refractivity contribution in [3.63, 3.8) is 0 Å². The normalized spacial score (nSPS) is 11.0. The molecule has 3 heterocycles. The number of thiazole rings is 2. The molecule has 0 aliphatic carbocycles. The lowest BCUT2D eigenvalue weighted by atomic mass is 10.2. The largest absolute Gasteiger partial charge is 0.461 e. The highest BCUT2D eigenvalue weighted by Gasteiger charge is 2.20. The predicted octanol–water partition coefficient (Wildman–Crippen LogP) is 3.97. The smallest absolute Gasteiger partial charge is 0.412 e. The van der Waals surface area contributed by atoms with Gasteiger partial charge in [0.25, 0.3) is 11.8 Å². The van der Waals surface area contributed by atoms with E-state index in [0.717, 1.165) is 22.7 Å². The molecule has 0 spiro atoms. The van der Waals surface area contributed by atoms with E-state index in [0.29, 0.717) is 5.69 Å². The minimum Gasteiger partial charge on any atom is -0.461 e. The van der Waals surface area contributed by atoms with Crippen molar-refractivity contribution in [3.8, 4) is 0 Å². The van der Waals surface area contributed by atoms with Gasteiger partial charge in [-0.05, 0) is 33.8 Å². The van der Waals surface area contributed by atoms with Gasteiger partial charge in [-0.25, -0.2) is 19.6 Å². The van der Waals surface area contributed by atoms with E-state index in [-0.39, 0.29) is 34.0 Å². The molecule has 3 aromatic rings. The van der Waals surface area contributed by atoms with Gasteiger partial charge in [0.15, 0.2) is 16.0 Å². The summed E-state index contributed by atoms with van der Waals surface area (Å²) in [6.45, 7) is 7.14. The van der Waals surface area contributed by atoms with Crippen LogP contribution in [0.15, 0.2) is 23.0 Å². The van der Waals surface area contributed by atoms with E-state index in [1.807, 2.05) is 0 Å². The van der Waals surface area contributed by atoms with Gasteiger partial charge in [-0.3, -0.25) is 25.5 Å². The number of hydrogen-bond acceptors (Lipinski definition) is 10. The van der Waals surface area contributed by atoms with Crippen molar-refractivity contribution in [2.45, 2.75) is 33.3 Å². The van der Waals surface area contributed by atoms with Crippen LogP contribution in [-0.4, -0.2) is 50.6 Å². The molecular weight excluding hydrogens is 496 g/mol. The highest BCUT2D eigenvalue weighted by atomic mass is 32.1. The summed E-state index contributed by atoms with van der Waals surface area (Å²) >= 11 is 2.14. The number of nitrogens with one attached hydrogen (secondary N) is 3. The molecule has 0 atom stereocenters. The van der Waals surface area contributed by atoms with Gasteiger partial charge in [0.05, 0.1) is 12.3 Å². The van der Waals surface area contributed by atoms with E-state index >= 15 is 0 Å². The maximum atomic E-state index is 12.7. The Morgan fingerprint density at radius 3 is 2.20 bits per heavy atom. The Kier molecular flexibility index (Phi) is 7.86. The van der Waals surface area contributed by atoms with Crippen LogP contribution in [0.3, 0.4) is 0 Å². The molecule has 14 heteroatoms. The quantitative estimate of drug-likeness (QED) is 0.396. The second-order valence-corrected chi connectivity index (χ2v) is 9.77. The average Bonchev–Trinajstić information content (AvgIpc) is 3.47. The van der Waals surface area contributed by atoms with Crippen molar-refractivity contribution in [1.82, 2.24) is 14.5 Å². The molecule has 0 unspecified atom stereocenters. The summed E-state index contributed by atoms with van der Waals surface area (Å²) in [6.07, 6.45) is 0.929. The molecule has 186 valence electrons. The lowest BCUT2D eigenvalue weighted by Crippen LogP contribution is -2.27. The monoisotopic (exact) mass is 520 g/mol. The van der Waals surface area contributed by atoms with E-state index in [2.05, 4.69) is 25.9 Å². The minimum absolute atomic E-state index is 0.0670. The van der Waals surface area contributed by atoms with E-state index in [4.69, 9.17) is 9.47 Å². The lowest BCUT2D eigenvalue weighted by molar-refractivity contribution is 0.0519. The average molecular weight is 521 g/mol. The fourth-order valence-corrected chi connectivity index (χ4v) is 4.03. The number of amides is 3. The summed E-state index contributed by atoms with van der Waals surface area (Å²) in [6, 6.07) is 1.49. The Morgan fingerprint density at radius 1 is 0.971 bits per heavy atom. The van der Waals surface area contributed by atoms with Crippen molar-refractivity contribution >= 4 is 62.5 Å². The van der Waals surface area contributed by atoms with Crippen molar-refractivity contribution in [2.24, 2.45) is 7.05 Å². The number of ether oxygens (including phenoxy) is 2. The SMILES string of the molecule is CCOC(=O)c1csc(NC(=O)c2csc(NC(=O)c3cc(NC(=O)OC(C)(C)C)cn3C)n2)n1. The highest BCUT2D eigenvalue weighted by Crippen LogP contribution is 2.21. The molecule has 0 saturated heterocycles. The molecule has 0 aliphatic heterocycles. The maximum Gasteiger partial charge on any atom is 0.412 e. The number of carbonyl (C=O) groups is 4. The Labute approximate surface area is 208 Å². The van der Waals surface area contributed by atoms with Gasteiger partial charge >= 0.3 is 12.1 Å². The minimum atomic E-state index is -0.656. The van der Waals surface area contributed by atoms with Crippen LogP contribution in [0.2, 0.25) is 0 Å². The summed E-state index contributed by atoms with van der Waals surface area (Å²) in [5.74, 6) is -1.60. The van der Waals surface area contributed by atoms with Gasteiger partial charge in [0.1, 0.15) is 17.0 Å². The van der Waals surface area contributed by atoms with Crippen LogP contribution in [-0.2, 0) is 16.5 Å². The molecule has 12 nitrogen and oxygen atoms in total. The number of anilines is 3. The van der Waals surface area contributed by atoms with E-state index < -0.39 is 29.5 Å². The Morgan fingerprint density at radius 2 is 1.57 bits per heavy atom. The van der Waals surface area contributed by atoms with E-state index in [1.54, 1.807) is 40.9 Å². The van der Waals surface area contributed by atoms with E-state index in [1.165, 1.54) is 21.4 Å². The number of esters is 1. The molecule has 3 rings (SSSR count). The zero-order valence-electron chi connectivity index (χ0n) is 19.6. The maximum absolute atomic E-state index is 12.7. The zero-order valence-corrected chi connectivity index (χ0v) is 21.3. The van der Waals surface area contributed by atoms with Crippen LogP contribution in [0.1, 0.15) is 59.2 Å². The van der Waals surface area contributed by atoms with Gasteiger partial charge in [0.2, 0.25) is 0 Å². The third kappa shape index (κ3) is 7.10. The molecule has 0 saturated carbocycles. The fraction of sp³-hybridized carbons (Fsp3) is 0.333. The molecule has 3 N–H and O–H groups in total. The summed E-state index contributed by atoms with van der Waals surface area (Å²) in [4.78, 5) is 57.0. The van der Waals surface area contributed by atoms with Gasteiger partial charge in [-0.2, -0.15) is 0 Å². The van der Waals surface area contributed by atoms with Crippen LogP contribution in [0.5, 0.6) is 0 Å². The Hall–Kier alpha value is -3.78. The molecule has 0 radical (unpaired) electrons. The number of carbonyl (C=O) groups excluding carboxylic acids is 4. The van der Waals surface area contributed by atoms with Crippen molar-refractivity contribution < 1.29 is 28.7 Å².